The smallest absolute Gasteiger partial charge is 0.239 e. The molecule has 1 fully saturated rings. The summed E-state index contributed by atoms with van der Waals surface area (Å²) in [5.74, 6) is 0.654. The van der Waals surface area contributed by atoms with Crippen molar-refractivity contribution in [1.82, 2.24) is 10.2 Å². The van der Waals surface area contributed by atoms with Crippen molar-refractivity contribution in [3.8, 4) is 0 Å². The summed E-state index contributed by atoms with van der Waals surface area (Å²) >= 11 is 0. The molecule has 1 aliphatic heterocycles. The molecule has 4 heteroatoms. The number of carbonyl (C=O) groups excluding carboxylic acids is 1. The number of carbonyl (C=O) groups is 1. The second kappa shape index (κ2) is 6.84. The van der Waals surface area contributed by atoms with Crippen LogP contribution in [0, 0.1) is 11.7 Å². The maximum atomic E-state index is 12.8. The van der Waals surface area contributed by atoms with Crippen LogP contribution in [0.25, 0.3) is 0 Å². The molecule has 0 spiro atoms. The molecule has 2 rings (SSSR count). The first-order valence-electron chi connectivity index (χ1n) is 7.33. The van der Waals surface area contributed by atoms with Gasteiger partial charge >= 0.3 is 0 Å². The molecule has 20 heavy (non-hydrogen) atoms. The number of hydrogen-bond donors (Lipinski definition) is 1. The van der Waals surface area contributed by atoms with Crippen LogP contribution in [0.15, 0.2) is 24.3 Å². The molecule has 1 aromatic rings. The van der Waals surface area contributed by atoms with Crippen molar-refractivity contribution in [2.24, 2.45) is 5.92 Å². The summed E-state index contributed by atoms with van der Waals surface area (Å²) in [5, 5.41) is 3.21. The number of benzene rings is 1. The van der Waals surface area contributed by atoms with Gasteiger partial charge in [0.1, 0.15) is 5.82 Å². The lowest BCUT2D eigenvalue weighted by atomic mass is 9.99. The van der Waals surface area contributed by atoms with Gasteiger partial charge < -0.3 is 10.2 Å². The minimum atomic E-state index is -0.236. The average molecular weight is 278 g/mol. The standard InChI is InChI=1S/C16H23FN2O/c1-12-7-9-19(10-8-12)16(20)13(2)18-11-14-3-5-15(17)6-4-14/h3-6,12-13,18H,7-11H2,1-2H3/t13-/m1/s1. The van der Waals surface area contributed by atoms with E-state index in [1.54, 1.807) is 12.1 Å². The third-order valence-corrected chi connectivity index (χ3v) is 3.99. The lowest BCUT2D eigenvalue weighted by Crippen LogP contribution is -2.47. The van der Waals surface area contributed by atoms with Crippen molar-refractivity contribution < 1.29 is 9.18 Å². The van der Waals surface area contributed by atoms with Gasteiger partial charge in [0.25, 0.3) is 0 Å². The third kappa shape index (κ3) is 4.04. The molecule has 0 radical (unpaired) electrons. The maximum absolute atomic E-state index is 12.8. The first kappa shape index (κ1) is 15.0. The first-order chi connectivity index (χ1) is 9.56. The van der Waals surface area contributed by atoms with Crippen molar-refractivity contribution in [2.75, 3.05) is 13.1 Å². The highest BCUT2D eigenvalue weighted by molar-refractivity contribution is 5.81. The SMILES string of the molecule is CC1CCN(C(=O)[C@@H](C)NCc2ccc(F)cc2)CC1. The molecular weight excluding hydrogens is 255 g/mol. The summed E-state index contributed by atoms with van der Waals surface area (Å²) in [5.41, 5.74) is 0.985. The monoisotopic (exact) mass is 278 g/mol. The van der Waals surface area contributed by atoms with E-state index in [2.05, 4.69) is 12.2 Å². The topological polar surface area (TPSA) is 32.3 Å². The number of nitrogens with zero attached hydrogens (tertiary/aromatic N) is 1. The van der Waals surface area contributed by atoms with Gasteiger partial charge in [-0.1, -0.05) is 19.1 Å². The predicted octanol–water partition coefficient (Wildman–Crippen LogP) is 2.56. The number of nitrogens with one attached hydrogen (secondary N) is 1. The number of rotatable bonds is 4. The van der Waals surface area contributed by atoms with Crippen LogP contribution in [0.2, 0.25) is 0 Å². The Labute approximate surface area is 120 Å². The molecule has 0 saturated carbocycles. The van der Waals surface area contributed by atoms with Gasteiger partial charge in [-0.25, -0.2) is 4.39 Å². The second-order valence-corrected chi connectivity index (χ2v) is 5.74. The average Bonchev–Trinajstić information content (AvgIpc) is 2.46. The van der Waals surface area contributed by atoms with Crippen LogP contribution in [0.1, 0.15) is 32.3 Å². The zero-order chi connectivity index (χ0) is 14.5. The van der Waals surface area contributed by atoms with Crippen molar-refractivity contribution in [2.45, 2.75) is 39.3 Å². The Bertz CT molecular complexity index is 438. The van der Waals surface area contributed by atoms with Crippen molar-refractivity contribution in [3.05, 3.63) is 35.6 Å². The van der Waals surface area contributed by atoms with Crippen LogP contribution in [0.4, 0.5) is 4.39 Å². The zero-order valence-electron chi connectivity index (χ0n) is 12.2. The van der Waals surface area contributed by atoms with Crippen molar-refractivity contribution >= 4 is 5.91 Å². The fourth-order valence-corrected chi connectivity index (χ4v) is 2.46. The highest BCUT2D eigenvalue weighted by Crippen LogP contribution is 2.16. The first-order valence-corrected chi connectivity index (χ1v) is 7.33. The molecule has 0 aliphatic carbocycles. The summed E-state index contributed by atoms with van der Waals surface area (Å²) < 4.78 is 12.8. The molecule has 1 N–H and O–H groups in total. The van der Waals surface area contributed by atoms with E-state index in [0.29, 0.717) is 6.54 Å². The van der Waals surface area contributed by atoms with Crippen LogP contribution < -0.4 is 5.32 Å². The van der Waals surface area contributed by atoms with E-state index in [-0.39, 0.29) is 17.8 Å². The summed E-state index contributed by atoms with van der Waals surface area (Å²) in [6.07, 6.45) is 2.19. The molecule has 1 heterocycles. The van der Waals surface area contributed by atoms with Crippen LogP contribution in [-0.4, -0.2) is 29.9 Å². The van der Waals surface area contributed by atoms with E-state index in [1.165, 1.54) is 12.1 Å². The van der Waals surface area contributed by atoms with Crippen LogP contribution in [0.5, 0.6) is 0 Å². The van der Waals surface area contributed by atoms with Crippen LogP contribution >= 0.6 is 0 Å². The normalized spacial score (nSPS) is 18.1. The number of piperidine rings is 1. The molecule has 110 valence electrons. The number of likely N-dealkylation sites (tertiary alicyclic amines) is 1. The highest BCUT2D eigenvalue weighted by atomic mass is 19.1. The predicted molar refractivity (Wildman–Crippen MR) is 77.7 cm³/mol. The van der Waals surface area contributed by atoms with E-state index < -0.39 is 0 Å². The second-order valence-electron chi connectivity index (χ2n) is 5.74. The lowest BCUT2D eigenvalue weighted by Gasteiger charge is -2.32. The Hall–Kier alpha value is -1.42. The quantitative estimate of drug-likeness (QED) is 0.918. The minimum absolute atomic E-state index is 0.166. The third-order valence-electron chi connectivity index (χ3n) is 3.99. The van der Waals surface area contributed by atoms with Crippen LogP contribution in [0.3, 0.4) is 0 Å². The lowest BCUT2D eigenvalue weighted by molar-refractivity contribution is -0.134. The largest absolute Gasteiger partial charge is 0.341 e. The molecule has 1 saturated heterocycles. The van der Waals surface area contributed by atoms with Crippen molar-refractivity contribution in [3.63, 3.8) is 0 Å². The Kier molecular flexibility index (Phi) is 5.12. The highest BCUT2D eigenvalue weighted by Gasteiger charge is 2.23. The van der Waals surface area contributed by atoms with Gasteiger partial charge in [0.2, 0.25) is 5.91 Å². The molecule has 1 atom stereocenters. The van der Waals surface area contributed by atoms with E-state index in [9.17, 15) is 9.18 Å². The van der Waals surface area contributed by atoms with Gasteiger partial charge in [-0.05, 0) is 43.4 Å². The number of hydrogen-bond acceptors (Lipinski definition) is 2. The van der Waals surface area contributed by atoms with Gasteiger partial charge in [0.05, 0.1) is 6.04 Å². The summed E-state index contributed by atoms with van der Waals surface area (Å²) in [6, 6.07) is 6.16. The van der Waals surface area contributed by atoms with E-state index in [1.807, 2.05) is 11.8 Å². The summed E-state index contributed by atoms with van der Waals surface area (Å²) in [7, 11) is 0. The summed E-state index contributed by atoms with van der Waals surface area (Å²) in [4.78, 5) is 14.2. The van der Waals surface area contributed by atoms with E-state index in [4.69, 9.17) is 0 Å². The molecule has 0 aromatic heterocycles. The Morgan fingerprint density at radius 1 is 1.35 bits per heavy atom. The van der Waals surface area contributed by atoms with Gasteiger partial charge in [-0.15, -0.1) is 0 Å². The van der Waals surface area contributed by atoms with Crippen LogP contribution in [-0.2, 0) is 11.3 Å². The molecule has 3 nitrogen and oxygen atoms in total. The van der Waals surface area contributed by atoms with Gasteiger partial charge in [0, 0.05) is 19.6 Å². The summed E-state index contributed by atoms with van der Waals surface area (Å²) in [6.45, 7) is 6.44. The fraction of sp³-hybridized carbons (Fsp3) is 0.562. The number of amides is 1. The maximum Gasteiger partial charge on any atom is 0.239 e. The Balaban J connectivity index is 1.80. The van der Waals surface area contributed by atoms with E-state index >= 15 is 0 Å². The van der Waals surface area contributed by atoms with Gasteiger partial charge in [0.15, 0.2) is 0 Å². The number of halogens is 1. The Morgan fingerprint density at radius 2 is 1.95 bits per heavy atom. The zero-order valence-corrected chi connectivity index (χ0v) is 12.2. The van der Waals surface area contributed by atoms with E-state index in [0.717, 1.165) is 37.4 Å². The van der Waals surface area contributed by atoms with Gasteiger partial charge in [-0.2, -0.15) is 0 Å². The Morgan fingerprint density at radius 3 is 2.55 bits per heavy atom. The molecule has 0 unspecified atom stereocenters. The molecule has 1 aromatic carbocycles. The molecule has 1 aliphatic rings. The molecule has 0 bridgehead atoms. The molecular formula is C16H23FN2O. The van der Waals surface area contributed by atoms with Gasteiger partial charge in [-0.3, -0.25) is 4.79 Å². The van der Waals surface area contributed by atoms with Crippen molar-refractivity contribution in [1.29, 1.82) is 0 Å². The fourth-order valence-electron chi connectivity index (χ4n) is 2.46. The minimum Gasteiger partial charge on any atom is -0.341 e. The molecule has 1 amide bonds.